The van der Waals surface area contributed by atoms with Gasteiger partial charge in [0.1, 0.15) is 0 Å². The lowest BCUT2D eigenvalue weighted by atomic mass is 9.97. The summed E-state index contributed by atoms with van der Waals surface area (Å²) in [6.45, 7) is 6.14. The molecule has 2 amide bonds. The zero-order valence-corrected chi connectivity index (χ0v) is 16.7. The number of carbonyl (C=O) groups excluding carboxylic acids is 2. The first-order chi connectivity index (χ1) is 14.5. The van der Waals surface area contributed by atoms with Crippen molar-refractivity contribution in [2.45, 2.75) is 25.9 Å². The minimum Gasteiger partial charge on any atom is -0.356 e. The number of hydrogen-bond acceptors (Lipinski definition) is 4. The molecule has 152 valence electrons. The summed E-state index contributed by atoms with van der Waals surface area (Å²) < 4.78 is 0. The number of aromatic amines is 1. The van der Waals surface area contributed by atoms with Crippen LogP contribution < -0.4 is 11.2 Å². The maximum Gasteiger partial charge on any atom is 0.272 e. The quantitative estimate of drug-likeness (QED) is 0.530. The summed E-state index contributed by atoms with van der Waals surface area (Å²) >= 11 is 0. The summed E-state index contributed by atoms with van der Waals surface area (Å²) in [5, 5.41) is 5.14. The Balaban J connectivity index is 1.58. The molecule has 0 saturated heterocycles. The monoisotopic (exact) mass is 401 g/mol. The smallest absolute Gasteiger partial charge is 0.272 e. The number of carbonyl (C=O) groups is 2. The van der Waals surface area contributed by atoms with Crippen LogP contribution in [0, 0.1) is 0 Å². The number of rotatable bonds is 5. The molecule has 1 aromatic heterocycles. The molecule has 7 heteroatoms. The highest BCUT2D eigenvalue weighted by molar-refractivity contribution is 6.21. The van der Waals surface area contributed by atoms with Crippen molar-refractivity contribution in [3.8, 4) is 0 Å². The fraction of sp³-hybridized carbons (Fsp3) is 0.217. The first-order valence-electron chi connectivity index (χ1n) is 9.73. The van der Waals surface area contributed by atoms with Gasteiger partial charge in [0.25, 0.3) is 5.91 Å². The van der Waals surface area contributed by atoms with E-state index in [-0.39, 0.29) is 11.8 Å². The minimum absolute atomic E-state index is 0.152. The van der Waals surface area contributed by atoms with Crippen LogP contribution in [0.4, 0.5) is 0 Å². The van der Waals surface area contributed by atoms with Gasteiger partial charge in [-0.15, -0.1) is 5.73 Å². The van der Waals surface area contributed by atoms with E-state index in [0.29, 0.717) is 30.8 Å². The number of hydrazone groups is 1. The van der Waals surface area contributed by atoms with Crippen LogP contribution in [-0.4, -0.2) is 40.0 Å². The van der Waals surface area contributed by atoms with Gasteiger partial charge >= 0.3 is 0 Å². The molecule has 4 N–H and O–H groups in total. The third-order valence-corrected chi connectivity index (χ3v) is 5.29. The fourth-order valence-electron chi connectivity index (χ4n) is 3.94. The zero-order chi connectivity index (χ0) is 21.3. The van der Waals surface area contributed by atoms with Gasteiger partial charge in [-0.05, 0) is 31.6 Å². The van der Waals surface area contributed by atoms with E-state index >= 15 is 0 Å². The Kier molecular flexibility index (Phi) is 5.23. The average molecular weight is 401 g/mol. The number of aromatic nitrogens is 1. The van der Waals surface area contributed by atoms with Gasteiger partial charge in [0.05, 0.1) is 30.4 Å². The summed E-state index contributed by atoms with van der Waals surface area (Å²) in [5.74, 6) is -0.403. The van der Waals surface area contributed by atoms with Gasteiger partial charge in [-0.1, -0.05) is 36.4 Å². The maximum atomic E-state index is 13.0. The van der Waals surface area contributed by atoms with E-state index in [0.717, 1.165) is 27.7 Å². The summed E-state index contributed by atoms with van der Waals surface area (Å²) in [7, 11) is 0. The van der Waals surface area contributed by atoms with Gasteiger partial charge in [0.15, 0.2) is 0 Å². The van der Waals surface area contributed by atoms with Crippen LogP contribution in [-0.2, 0) is 11.3 Å². The van der Waals surface area contributed by atoms with Crippen LogP contribution in [0.5, 0.6) is 0 Å². The SMILES string of the molecule is C=C=CC=CC=C(C)CC(N)C(=O)N1CC2=NNC(=O)c3cccc4[nH]c(c2c34)C1. The summed E-state index contributed by atoms with van der Waals surface area (Å²) in [5.41, 5.74) is 16.4. The van der Waals surface area contributed by atoms with Crippen molar-refractivity contribution in [2.24, 2.45) is 10.8 Å². The highest BCUT2D eigenvalue weighted by Gasteiger charge is 2.33. The molecule has 2 aliphatic heterocycles. The number of hydrogen-bond donors (Lipinski definition) is 3. The lowest BCUT2D eigenvalue weighted by molar-refractivity contribution is -0.132. The van der Waals surface area contributed by atoms with Crippen LogP contribution in [0.2, 0.25) is 0 Å². The number of benzene rings is 1. The van der Waals surface area contributed by atoms with Gasteiger partial charge in [0, 0.05) is 22.2 Å². The molecular weight excluding hydrogens is 378 g/mol. The second-order valence-corrected chi connectivity index (χ2v) is 7.48. The standard InChI is InChI=1S/C23H23N5O2/c1-3-4-5-6-8-14(2)11-16(24)23(30)28-12-18-21-19(13-28)26-27-22(29)15-9-7-10-17(25-18)20(15)21/h4-10,16,25H,1,11-13,24H2,2H3,(H,27,29). The first kappa shape index (κ1) is 19.6. The van der Waals surface area contributed by atoms with Gasteiger partial charge in [0.2, 0.25) is 5.91 Å². The molecule has 1 atom stereocenters. The molecule has 30 heavy (non-hydrogen) atoms. The minimum atomic E-state index is -0.660. The molecule has 0 saturated carbocycles. The molecule has 2 aliphatic rings. The predicted molar refractivity (Wildman–Crippen MR) is 117 cm³/mol. The van der Waals surface area contributed by atoms with Gasteiger partial charge < -0.3 is 15.6 Å². The van der Waals surface area contributed by atoms with E-state index in [1.165, 1.54) is 0 Å². The van der Waals surface area contributed by atoms with Crippen molar-refractivity contribution < 1.29 is 9.59 Å². The summed E-state index contributed by atoms with van der Waals surface area (Å²) in [6, 6.07) is 4.88. The largest absolute Gasteiger partial charge is 0.356 e. The number of allylic oxidation sites excluding steroid dienone is 4. The molecule has 3 heterocycles. The summed E-state index contributed by atoms with van der Waals surface area (Å²) in [4.78, 5) is 30.5. The van der Waals surface area contributed by atoms with E-state index in [4.69, 9.17) is 5.73 Å². The van der Waals surface area contributed by atoms with Crippen LogP contribution in [0.3, 0.4) is 0 Å². The van der Waals surface area contributed by atoms with Crippen molar-refractivity contribution in [1.82, 2.24) is 15.3 Å². The van der Waals surface area contributed by atoms with Crippen LogP contribution in [0.15, 0.2) is 65.5 Å². The van der Waals surface area contributed by atoms with Crippen molar-refractivity contribution in [2.75, 3.05) is 6.54 Å². The lowest BCUT2D eigenvalue weighted by Gasteiger charge is -2.30. The van der Waals surface area contributed by atoms with E-state index in [1.807, 2.05) is 37.3 Å². The molecule has 2 aromatic rings. The van der Waals surface area contributed by atoms with Crippen molar-refractivity contribution >= 4 is 28.4 Å². The van der Waals surface area contributed by atoms with Gasteiger partial charge in [-0.2, -0.15) is 5.10 Å². The third-order valence-electron chi connectivity index (χ3n) is 5.29. The van der Waals surface area contributed by atoms with E-state index < -0.39 is 6.04 Å². The highest BCUT2D eigenvalue weighted by Crippen LogP contribution is 2.32. The van der Waals surface area contributed by atoms with Crippen LogP contribution in [0.1, 0.15) is 35.0 Å². The van der Waals surface area contributed by atoms with Crippen molar-refractivity contribution in [3.63, 3.8) is 0 Å². The molecule has 7 nitrogen and oxygen atoms in total. The molecule has 0 bridgehead atoms. The highest BCUT2D eigenvalue weighted by atomic mass is 16.2. The Morgan fingerprint density at radius 3 is 3.03 bits per heavy atom. The van der Waals surface area contributed by atoms with Crippen LogP contribution >= 0.6 is 0 Å². The molecule has 0 radical (unpaired) electrons. The van der Waals surface area contributed by atoms with E-state index in [9.17, 15) is 9.59 Å². The van der Waals surface area contributed by atoms with Gasteiger partial charge in [-0.25, -0.2) is 5.43 Å². The van der Waals surface area contributed by atoms with Crippen molar-refractivity contribution in [3.05, 3.63) is 77.2 Å². The van der Waals surface area contributed by atoms with Crippen LogP contribution in [0.25, 0.3) is 10.9 Å². The molecule has 0 spiro atoms. The fourth-order valence-corrected chi connectivity index (χ4v) is 3.94. The molecular formula is C23H23N5O2. The Morgan fingerprint density at radius 2 is 2.23 bits per heavy atom. The second-order valence-electron chi connectivity index (χ2n) is 7.48. The number of nitrogens with one attached hydrogen (secondary N) is 2. The number of H-pyrrole nitrogens is 1. The maximum absolute atomic E-state index is 13.0. The molecule has 4 rings (SSSR count). The Bertz CT molecular complexity index is 1180. The third kappa shape index (κ3) is 3.52. The molecule has 0 aliphatic carbocycles. The number of amides is 2. The van der Waals surface area contributed by atoms with E-state index in [2.05, 4.69) is 27.8 Å². The lowest BCUT2D eigenvalue weighted by Crippen LogP contribution is -2.48. The topological polar surface area (TPSA) is 104 Å². The van der Waals surface area contributed by atoms with Gasteiger partial charge in [-0.3, -0.25) is 9.59 Å². The predicted octanol–water partition coefficient (Wildman–Crippen LogP) is 2.52. The Hall–Kier alpha value is -3.67. The molecule has 0 fully saturated rings. The number of nitrogens with zero attached hydrogens (tertiary/aromatic N) is 2. The number of nitrogens with two attached hydrogens (primary N) is 1. The first-order valence-corrected chi connectivity index (χ1v) is 9.73. The van der Waals surface area contributed by atoms with Crippen molar-refractivity contribution in [1.29, 1.82) is 0 Å². The summed E-state index contributed by atoms with van der Waals surface area (Å²) in [6.07, 6.45) is 7.75. The molecule has 1 unspecified atom stereocenters. The average Bonchev–Trinajstić information content (AvgIpc) is 3.05. The van der Waals surface area contributed by atoms with E-state index in [1.54, 1.807) is 17.0 Å². The normalized spacial score (nSPS) is 16.7. The second kappa shape index (κ2) is 7.99. The Labute approximate surface area is 174 Å². The molecule has 1 aromatic carbocycles. The Morgan fingerprint density at radius 1 is 1.40 bits per heavy atom. The zero-order valence-electron chi connectivity index (χ0n) is 16.7.